The van der Waals surface area contributed by atoms with E-state index in [1.165, 1.54) is 24.3 Å². The number of alkyl halides is 3. The Kier molecular flexibility index (Phi) is 3.75. The van der Waals surface area contributed by atoms with Gasteiger partial charge in [-0.3, -0.25) is 9.09 Å². The molecule has 0 aromatic heterocycles. The van der Waals surface area contributed by atoms with Gasteiger partial charge in [0.05, 0.1) is 0 Å². The van der Waals surface area contributed by atoms with Crippen LogP contribution in [0.15, 0.2) is 30.3 Å². The summed E-state index contributed by atoms with van der Waals surface area (Å²) in [6.45, 7) is 0. The predicted molar refractivity (Wildman–Crippen MR) is 52.3 cm³/mol. The smallest absolute Gasteiger partial charge is 0.289 e. The molecule has 16 heavy (non-hydrogen) atoms. The molecule has 8 heteroatoms. The highest BCUT2D eigenvalue weighted by Gasteiger charge is 2.44. The Balaban J connectivity index is 3.03. The van der Waals surface area contributed by atoms with Crippen LogP contribution < -0.4 is 11.0 Å². The van der Waals surface area contributed by atoms with E-state index in [2.05, 4.69) is 4.52 Å². The Morgan fingerprint density at radius 3 is 2.06 bits per heavy atom. The monoisotopic (exact) mass is 254 g/mol. The number of rotatable bonds is 3. The van der Waals surface area contributed by atoms with Crippen LogP contribution in [0.25, 0.3) is 0 Å². The van der Waals surface area contributed by atoms with Gasteiger partial charge in [-0.15, -0.1) is 0 Å². The van der Waals surface area contributed by atoms with Crippen molar-refractivity contribution in [3.05, 3.63) is 35.9 Å². The Labute approximate surface area is 89.9 Å². The summed E-state index contributed by atoms with van der Waals surface area (Å²) in [7, 11) is -4.20. The largest absolute Gasteiger partial charge is 0.419 e. The summed E-state index contributed by atoms with van der Waals surface area (Å²) < 4.78 is 52.8. The lowest BCUT2D eigenvalue weighted by Gasteiger charge is -2.22. The number of nitrogens with two attached hydrogens (primary N) is 2. The third-order valence-electron chi connectivity index (χ3n) is 1.67. The van der Waals surface area contributed by atoms with Gasteiger partial charge in [0.15, 0.2) is 6.10 Å². The SMILES string of the molecule is NP(N)(=O)OC(c1ccccc1)C(F)(F)F. The van der Waals surface area contributed by atoms with E-state index >= 15 is 0 Å². The molecule has 1 aromatic carbocycles. The molecule has 0 amide bonds. The minimum Gasteiger partial charge on any atom is -0.289 e. The van der Waals surface area contributed by atoms with E-state index in [-0.39, 0.29) is 5.56 Å². The molecule has 1 rings (SSSR count). The Bertz CT molecular complexity index is 390. The molecule has 1 atom stereocenters. The topological polar surface area (TPSA) is 78.3 Å². The zero-order valence-electron chi connectivity index (χ0n) is 8.02. The zero-order valence-corrected chi connectivity index (χ0v) is 8.91. The van der Waals surface area contributed by atoms with Gasteiger partial charge in [-0.2, -0.15) is 13.2 Å². The minimum atomic E-state index is -4.73. The van der Waals surface area contributed by atoms with Crippen molar-refractivity contribution >= 4 is 7.67 Å². The third-order valence-corrected chi connectivity index (χ3v) is 2.21. The lowest BCUT2D eigenvalue weighted by atomic mass is 10.1. The van der Waals surface area contributed by atoms with Crippen molar-refractivity contribution in [1.82, 2.24) is 0 Å². The van der Waals surface area contributed by atoms with E-state index in [1.54, 1.807) is 6.07 Å². The summed E-state index contributed by atoms with van der Waals surface area (Å²) in [6, 6.07) is 6.72. The molecule has 1 unspecified atom stereocenters. The first-order valence-electron chi connectivity index (χ1n) is 4.17. The van der Waals surface area contributed by atoms with E-state index in [0.717, 1.165) is 0 Å². The molecule has 0 aliphatic heterocycles. The maximum atomic E-state index is 12.6. The summed E-state index contributed by atoms with van der Waals surface area (Å²) in [5, 5.41) is 0. The van der Waals surface area contributed by atoms with Crippen LogP contribution in [-0.4, -0.2) is 6.18 Å². The van der Waals surface area contributed by atoms with Gasteiger partial charge in [-0.1, -0.05) is 30.3 Å². The molecular weight excluding hydrogens is 244 g/mol. The maximum absolute atomic E-state index is 12.6. The lowest BCUT2D eigenvalue weighted by Crippen LogP contribution is -2.25. The van der Waals surface area contributed by atoms with Gasteiger partial charge < -0.3 is 0 Å². The van der Waals surface area contributed by atoms with Gasteiger partial charge in [-0.05, 0) is 5.56 Å². The van der Waals surface area contributed by atoms with E-state index in [9.17, 15) is 17.7 Å². The van der Waals surface area contributed by atoms with Crippen molar-refractivity contribution in [2.24, 2.45) is 11.0 Å². The second-order valence-electron chi connectivity index (χ2n) is 3.08. The standard InChI is InChI=1S/C8H10F3N2O2P/c9-8(10,11)7(15-16(12,13)14)6-4-2-1-3-5-6/h1-5,7H,(H4,12,13,14). The van der Waals surface area contributed by atoms with Gasteiger partial charge >= 0.3 is 13.8 Å². The quantitative estimate of drug-likeness (QED) is 0.811. The number of halogens is 3. The van der Waals surface area contributed by atoms with Crippen molar-refractivity contribution in [1.29, 1.82) is 0 Å². The van der Waals surface area contributed by atoms with Gasteiger partial charge in [0.25, 0.3) is 0 Å². The molecule has 1 aromatic rings. The molecule has 0 fully saturated rings. The average Bonchev–Trinajstić information content (AvgIpc) is 2.13. The summed E-state index contributed by atoms with van der Waals surface area (Å²) in [5.41, 5.74) is 9.36. The maximum Gasteiger partial charge on any atom is 0.419 e. The molecule has 0 spiro atoms. The zero-order chi connectivity index (χ0) is 12.4. The average molecular weight is 254 g/mol. The minimum absolute atomic E-state index is 0.203. The molecule has 0 aliphatic rings. The fourth-order valence-electron chi connectivity index (χ4n) is 1.10. The van der Waals surface area contributed by atoms with Crippen LogP contribution in [0.5, 0.6) is 0 Å². The molecule has 0 radical (unpaired) electrons. The van der Waals surface area contributed by atoms with Gasteiger partial charge in [0.1, 0.15) is 0 Å². The van der Waals surface area contributed by atoms with Crippen molar-refractivity contribution in [3.63, 3.8) is 0 Å². The summed E-state index contributed by atoms with van der Waals surface area (Å²) in [4.78, 5) is 0. The van der Waals surface area contributed by atoms with Crippen molar-refractivity contribution in [3.8, 4) is 0 Å². The fraction of sp³-hybridized carbons (Fsp3) is 0.250. The van der Waals surface area contributed by atoms with Crippen LogP contribution in [0.3, 0.4) is 0 Å². The number of hydrogen-bond acceptors (Lipinski definition) is 2. The number of benzene rings is 1. The fourth-order valence-corrected chi connectivity index (χ4v) is 1.67. The first kappa shape index (κ1) is 13.2. The van der Waals surface area contributed by atoms with Crippen LogP contribution >= 0.6 is 7.67 Å². The predicted octanol–water partition coefficient (Wildman–Crippen LogP) is 2.33. The first-order chi connectivity index (χ1) is 7.20. The molecule has 0 bridgehead atoms. The highest BCUT2D eigenvalue weighted by molar-refractivity contribution is 7.53. The van der Waals surface area contributed by atoms with Crippen LogP contribution in [0.1, 0.15) is 11.7 Å². The molecule has 0 heterocycles. The molecule has 4 nitrogen and oxygen atoms in total. The van der Waals surface area contributed by atoms with Gasteiger partial charge in [0, 0.05) is 0 Å². The Morgan fingerprint density at radius 2 is 1.69 bits per heavy atom. The van der Waals surface area contributed by atoms with E-state index in [0.29, 0.717) is 0 Å². The molecule has 0 saturated carbocycles. The van der Waals surface area contributed by atoms with E-state index < -0.39 is 20.0 Å². The Morgan fingerprint density at radius 1 is 1.19 bits per heavy atom. The second kappa shape index (κ2) is 4.55. The second-order valence-corrected chi connectivity index (χ2v) is 4.58. The third kappa shape index (κ3) is 3.94. The van der Waals surface area contributed by atoms with Crippen LogP contribution in [0.4, 0.5) is 13.2 Å². The summed E-state index contributed by atoms with van der Waals surface area (Å²) in [5.74, 6) is 0. The first-order valence-corrected chi connectivity index (χ1v) is 5.94. The highest BCUT2D eigenvalue weighted by Crippen LogP contribution is 2.44. The molecule has 4 N–H and O–H groups in total. The molecule has 0 aliphatic carbocycles. The Hall–Kier alpha value is -0.880. The summed E-state index contributed by atoms with van der Waals surface area (Å²) >= 11 is 0. The van der Waals surface area contributed by atoms with Crippen molar-refractivity contribution < 1.29 is 22.3 Å². The molecule has 90 valence electrons. The van der Waals surface area contributed by atoms with Gasteiger partial charge in [-0.25, -0.2) is 11.0 Å². The van der Waals surface area contributed by atoms with Crippen LogP contribution in [0, 0.1) is 0 Å². The number of hydrogen-bond donors (Lipinski definition) is 2. The van der Waals surface area contributed by atoms with E-state index in [1.807, 2.05) is 0 Å². The van der Waals surface area contributed by atoms with Crippen LogP contribution in [0.2, 0.25) is 0 Å². The van der Waals surface area contributed by atoms with Crippen LogP contribution in [-0.2, 0) is 9.09 Å². The van der Waals surface area contributed by atoms with Crippen molar-refractivity contribution in [2.75, 3.05) is 0 Å². The van der Waals surface area contributed by atoms with Crippen molar-refractivity contribution in [2.45, 2.75) is 12.3 Å². The highest BCUT2D eigenvalue weighted by atomic mass is 31.2. The van der Waals surface area contributed by atoms with E-state index in [4.69, 9.17) is 11.0 Å². The lowest BCUT2D eigenvalue weighted by molar-refractivity contribution is -0.197. The summed E-state index contributed by atoms with van der Waals surface area (Å²) in [6.07, 6.45) is -7.11. The van der Waals surface area contributed by atoms with Gasteiger partial charge in [0.2, 0.25) is 0 Å². The molecular formula is C8H10F3N2O2P. The normalized spacial score (nSPS) is 14.8. The molecule has 0 saturated heterocycles.